The number of benzene rings is 1. The number of primary amides is 1. The maximum absolute atomic E-state index is 14.7. The molecule has 0 saturated heterocycles. The van der Waals surface area contributed by atoms with Gasteiger partial charge >= 0.3 is 6.09 Å². The summed E-state index contributed by atoms with van der Waals surface area (Å²) in [5.74, 6) is -0.874. The minimum absolute atomic E-state index is 0.0295. The molecule has 1 aromatic carbocycles. The molecule has 0 aliphatic heterocycles. The number of hydrogen-bond acceptors (Lipinski definition) is 6. The van der Waals surface area contributed by atoms with Gasteiger partial charge in [-0.15, -0.1) is 0 Å². The summed E-state index contributed by atoms with van der Waals surface area (Å²) in [4.78, 5) is 27.2. The van der Waals surface area contributed by atoms with Crippen LogP contribution in [-0.2, 0) is 0 Å². The molecule has 1 saturated carbocycles. The Balaban J connectivity index is 1.85. The molecule has 3 rings (SSSR count). The zero-order valence-electron chi connectivity index (χ0n) is 18.0. The van der Waals surface area contributed by atoms with Crippen molar-refractivity contribution < 1.29 is 23.8 Å². The number of nitrogens with one attached hydrogen (secondary N) is 3. The third kappa shape index (κ3) is 5.99. The molecule has 0 radical (unpaired) electrons. The van der Waals surface area contributed by atoms with Crippen LogP contribution in [0.15, 0.2) is 30.3 Å². The van der Waals surface area contributed by atoms with Gasteiger partial charge in [-0.1, -0.05) is 12.8 Å². The van der Waals surface area contributed by atoms with Crippen LogP contribution >= 0.6 is 0 Å². The Morgan fingerprint density at radius 2 is 1.81 bits per heavy atom. The lowest BCUT2D eigenvalue weighted by Gasteiger charge is -2.32. The van der Waals surface area contributed by atoms with Crippen molar-refractivity contribution in [3.8, 4) is 5.75 Å². The summed E-state index contributed by atoms with van der Waals surface area (Å²) >= 11 is 0. The lowest BCUT2D eigenvalue weighted by atomic mass is 9.90. The first-order valence-corrected chi connectivity index (χ1v) is 10.5. The fourth-order valence-electron chi connectivity index (χ4n) is 3.71. The molecule has 1 heterocycles. The van der Waals surface area contributed by atoms with E-state index >= 15 is 0 Å². The molecule has 1 aliphatic rings. The molecule has 9 nitrogen and oxygen atoms in total. The zero-order chi connectivity index (χ0) is 23.3. The molecule has 1 fully saturated rings. The number of rotatable bonds is 8. The maximum atomic E-state index is 14.7. The van der Waals surface area contributed by atoms with Crippen LogP contribution < -0.4 is 26.4 Å². The third-order valence-corrected chi connectivity index (χ3v) is 5.13. The molecule has 2 amide bonds. The van der Waals surface area contributed by atoms with Crippen molar-refractivity contribution in [2.75, 3.05) is 10.6 Å². The lowest BCUT2D eigenvalue weighted by molar-refractivity contribution is 0.1000. The summed E-state index contributed by atoms with van der Waals surface area (Å²) in [6.45, 7) is 3.84. The first-order valence-electron chi connectivity index (χ1n) is 10.5. The molecule has 1 aliphatic carbocycles. The van der Waals surface area contributed by atoms with Gasteiger partial charge in [-0.3, -0.25) is 4.79 Å². The number of halogens is 1. The van der Waals surface area contributed by atoms with Gasteiger partial charge in [0, 0.05) is 11.7 Å². The van der Waals surface area contributed by atoms with Crippen molar-refractivity contribution in [2.24, 2.45) is 5.73 Å². The lowest BCUT2D eigenvalue weighted by Crippen LogP contribution is -2.48. The summed E-state index contributed by atoms with van der Waals surface area (Å²) in [6, 6.07) is 7.34. The Labute approximate surface area is 185 Å². The normalized spacial score (nSPS) is 18.1. The molecule has 0 unspecified atom stereocenters. The van der Waals surface area contributed by atoms with E-state index in [9.17, 15) is 14.0 Å². The average molecular weight is 445 g/mol. The van der Waals surface area contributed by atoms with E-state index in [2.05, 4.69) is 20.9 Å². The van der Waals surface area contributed by atoms with Gasteiger partial charge in [-0.2, -0.15) is 0 Å². The standard InChI is InChI=1S/C22H28FN5O4/c1-12(2)32-14-9-7-13(8-10-14)25-20-15(19(24)29)11-16(23)21(28-20)26-17-5-3-4-6-18(17)27-22(30)31/h7-12,17-18,27H,3-6H2,1-2H3,(H2,24,29)(H,30,31)(H2,25,26,28)/t17-,18+/m1/s1. The highest BCUT2D eigenvalue weighted by molar-refractivity contribution is 5.98. The van der Waals surface area contributed by atoms with Crippen molar-refractivity contribution >= 4 is 29.3 Å². The van der Waals surface area contributed by atoms with Crippen LogP contribution in [-0.4, -0.2) is 40.3 Å². The van der Waals surface area contributed by atoms with E-state index in [1.165, 1.54) is 0 Å². The van der Waals surface area contributed by atoms with Crippen molar-refractivity contribution in [1.82, 2.24) is 10.3 Å². The van der Waals surface area contributed by atoms with Crippen molar-refractivity contribution in [3.63, 3.8) is 0 Å². The maximum Gasteiger partial charge on any atom is 0.404 e. The van der Waals surface area contributed by atoms with E-state index in [1.54, 1.807) is 24.3 Å². The number of pyridine rings is 1. The van der Waals surface area contributed by atoms with Gasteiger partial charge in [-0.25, -0.2) is 14.2 Å². The number of carbonyl (C=O) groups is 2. The molecule has 10 heteroatoms. The van der Waals surface area contributed by atoms with E-state index < -0.39 is 17.8 Å². The van der Waals surface area contributed by atoms with E-state index in [-0.39, 0.29) is 35.4 Å². The Morgan fingerprint density at radius 1 is 1.16 bits per heavy atom. The van der Waals surface area contributed by atoms with Gasteiger partial charge in [0.2, 0.25) is 0 Å². The van der Waals surface area contributed by atoms with Gasteiger partial charge in [0.05, 0.1) is 17.7 Å². The van der Waals surface area contributed by atoms with Crippen molar-refractivity contribution in [1.29, 1.82) is 0 Å². The second-order valence-corrected chi connectivity index (χ2v) is 7.99. The summed E-state index contributed by atoms with van der Waals surface area (Å²) in [7, 11) is 0. The SMILES string of the molecule is CC(C)Oc1ccc(Nc2nc(N[C@@H]3CCCC[C@@H]3NC(=O)O)c(F)cc2C(N)=O)cc1. The number of nitrogens with zero attached hydrogens (tertiary/aromatic N) is 1. The fraction of sp³-hybridized carbons (Fsp3) is 0.409. The number of amides is 2. The molecule has 172 valence electrons. The highest BCUT2D eigenvalue weighted by atomic mass is 19.1. The molecule has 0 bridgehead atoms. The van der Waals surface area contributed by atoms with Gasteiger partial charge in [-0.05, 0) is 57.0 Å². The second-order valence-electron chi connectivity index (χ2n) is 7.99. The first kappa shape index (κ1) is 23.1. The summed E-state index contributed by atoms with van der Waals surface area (Å²) in [5, 5.41) is 17.6. The quantitative estimate of drug-likeness (QED) is 0.416. The van der Waals surface area contributed by atoms with Gasteiger partial charge in [0.1, 0.15) is 11.6 Å². The van der Waals surface area contributed by atoms with Crippen LogP contribution in [0.4, 0.5) is 26.5 Å². The minimum atomic E-state index is -1.13. The van der Waals surface area contributed by atoms with Gasteiger partial charge < -0.3 is 31.5 Å². The average Bonchev–Trinajstić information content (AvgIpc) is 2.72. The molecule has 0 spiro atoms. The number of anilines is 3. The predicted octanol–water partition coefficient (Wildman–Crippen LogP) is 3.84. The smallest absolute Gasteiger partial charge is 0.404 e. The third-order valence-electron chi connectivity index (χ3n) is 5.13. The summed E-state index contributed by atoms with van der Waals surface area (Å²) in [6.07, 6.45) is 1.95. The Kier molecular flexibility index (Phi) is 7.34. The molecule has 1 aromatic heterocycles. The second kappa shape index (κ2) is 10.2. The number of nitrogens with two attached hydrogens (primary N) is 1. The molecular weight excluding hydrogens is 417 g/mol. The minimum Gasteiger partial charge on any atom is -0.491 e. The van der Waals surface area contributed by atoms with E-state index in [0.29, 0.717) is 24.3 Å². The van der Waals surface area contributed by atoms with Gasteiger partial charge in [0.25, 0.3) is 5.91 Å². The predicted molar refractivity (Wildman–Crippen MR) is 119 cm³/mol. The highest BCUT2D eigenvalue weighted by Crippen LogP contribution is 2.28. The summed E-state index contributed by atoms with van der Waals surface area (Å²) < 4.78 is 20.3. The number of carboxylic acid groups (broad SMARTS) is 1. The van der Waals surface area contributed by atoms with E-state index in [0.717, 1.165) is 18.9 Å². The molecule has 2 aromatic rings. The molecule has 2 atom stereocenters. The zero-order valence-corrected chi connectivity index (χ0v) is 18.0. The molecule has 6 N–H and O–H groups in total. The van der Waals surface area contributed by atoms with Crippen molar-refractivity contribution in [2.45, 2.75) is 57.7 Å². The topological polar surface area (TPSA) is 139 Å². The van der Waals surface area contributed by atoms with Crippen LogP contribution in [0.25, 0.3) is 0 Å². The summed E-state index contributed by atoms with van der Waals surface area (Å²) in [5.41, 5.74) is 5.94. The number of hydrogen-bond donors (Lipinski definition) is 5. The van der Waals surface area contributed by atoms with E-state index in [4.69, 9.17) is 15.6 Å². The van der Waals surface area contributed by atoms with E-state index in [1.807, 2.05) is 13.8 Å². The highest BCUT2D eigenvalue weighted by Gasteiger charge is 2.28. The van der Waals surface area contributed by atoms with Crippen LogP contribution in [0.5, 0.6) is 5.75 Å². The number of carbonyl (C=O) groups excluding carboxylic acids is 1. The monoisotopic (exact) mass is 445 g/mol. The Bertz CT molecular complexity index is 968. The van der Waals surface area contributed by atoms with Crippen LogP contribution in [0, 0.1) is 5.82 Å². The van der Waals surface area contributed by atoms with Crippen LogP contribution in [0.1, 0.15) is 49.9 Å². The van der Waals surface area contributed by atoms with Gasteiger partial charge in [0.15, 0.2) is 11.6 Å². The van der Waals surface area contributed by atoms with Crippen molar-refractivity contribution in [3.05, 3.63) is 41.7 Å². The fourth-order valence-corrected chi connectivity index (χ4v) is 3.71. The Morgan fingerprint density at radius 3 is 2.41 bits per heavy atom. The van der Waals surface area contributed by atoms with Crippen LogP contribution in [0.2, 0.25) is 0 Å². The molecular formula is C22H28FN5O4. The number of aromatic nitrogens is 1. The molecule has 32 heavy (non-hydrogen) atoms. The largest absolute Gasteiger partial charge is 0.491 e. The van der Waals surface area contributed by atoms with Crippen LogP contribution in [0.3, 0.4) is 0 Å². The Hall–Kier alpha value is -3.56. The first-order chi connectivity index (χ1) is 15.2. The number of ether oxygens (including phenoxy) is 1.